The van der Waals surface area contributed by atoms with E-state index in [9.17, 15) is 0 Å². The molecule has 2 aliphatic rings. The molecule has 11 heteroatoms. The van der Waals surface area contributed by atoms with Crippen molar-refractivity contribution < 1.29 is 63.2 Å². The van der Waals surface area contributed by atoms with E-state index in [2.05, 4.69) is 152 Å². The Bertz CT molecular complexity index is 2750. The van der Waals surface area contributed by atoms with Gasteiger partial charge >= 0.3 is 19.5 Å². The van der Waals surface area contributed by atoms with E-state index in [1.165, 1.54) is 76.3 Å². The van der Waals surface area contributed by atoms with E-state index >= 15 is 0 Å². The predicted molar refractivity (Wildman–Crippen MR) is 286 cm³/mol. The summed E-state index contributed by atoms with van der Waals surface area (Å²) in [5.41, 5.74) is 26.5. The van der Waals surface area contributed by atoms with Gasteiger partial charge in [-0.3, -0.25) is 0 Å². The molecular weight excluding hydrogens is 1050 g/mol. The van der Waals surface area contributed by atoms with Crippen molar-refractivity contribution in [1.82, 2.24) is 0 Å². The summed E-state index contributed by atoms with van der Waals surface area (Å²) < 4.78 is 25.4. The number of benzene rings is 8. The van der Waals surface area contributed by atoms with E-state index in [1.807, 2.05) is 60.7 Å². The number of nitrogens with two attached hydrogens (primary N) is 2. The summed E-state index contributed by atoms with van der Waals surface area (Å²) in [6.07, 6.45) is 0. The number of hydrogen-bond acceptors (Lipinski definition) is 6. The van der Waals surface area contributed by atoms with Gasteiger partial charge in [0.1, 0.15) is 0 Å². The first-order chi connectivity index (χ1) is 32.8. The van der Waals surface area contributed by atoms with Gasteiger partial charge in [0.2, 0.25) is 13.6 Å². The van der Waals surface area contributed by atoms with E-state index < -0.39 is 15.8 Å². The van der Waals surface area contributed by atoms with E-state index in [0.717, 1.165) is 45.3 Å². The van der Waals surface area contributed by atoms with Gasteiger partial charge in [-0.2, -0.15) is 0 Å². The Labute approximate surface area is 448 Å². The Morgan fingerprint density at radius 2 is 0.634 bits per heavy atom. The van der Waals surface area contributed by atoms with Gasteiger partial charge in [0.25, 0.3) is 0 Å². The van der Waals surface area contributed by atoms with Crippen LogP contribution >= 0.6 is 15.8 Å². The average molecular weight is 1110 g/mol. The number of fused-ring (bicyclic) bond motifs is 2. The third kappa shape index (κ3) is 12.2. The summed E-state index contributed by atoms with van der Waals surface area (Å²) in [6, 6.07) is 56.2. The topological polar surface area (TPSA) is 89.0 Å². The van der Waals surface area contributed by atoms with Crippen LogP contribution in [0, 0.1) is 55.4 Å². The summed E-state index contributed by atoms with van der Waals surface area (Å²) in [6.45, 7) is 17.9. The normalized spacial score (nSPS) is 12.8. The van der Waals surface area contributed by atoms with E-state index in [4.69, 9.17) is 30.4 Å². The molecule has 0 saturated heterocycles. The van der Waals surface area contributed by atoms with Gasteiger partial charge in [-0.1, -0.05) is 178 Å². The smallest absolute Gasteiger partial charge is 1.00 e. The van der Waals surface area contributed by atoms with Gasteiger partial charge in [-0.25, -0.2) is 0 Å². The summed E-state index contributed by atoms with van der Waals surface area (Å²) in [5, 5.41) is 7.61. The molecule has 10 rings (SSSR count). The van der Waals surface area contributed by atoms with E-state index in [-0.39, 0.29) is 70.0 Å². The van der Waals surface area contributed by atoms with E-state index in [0.29, 0.717) is 0 Å². The summed E-state index contributed by atoms with van der Waals surface area (Å²) in [4.78, 5) is 0. The summed E-state index contributed by atoms with van der Waals surface area (Å²) in [7, 11) is -2.11. The Balaban J connectivity index is 0.000000371. The Morgan fingerprint density at radius 1 is 0.366 bits per heavy atom. The largest absolute Gasteiger partial charge is 2.00 e. The molecule has 71 heavy (non-hydrogen) atoms. The zero-order valence-corrected chi connectivity index (χ0v) is 46.4. The third-order valence-corrected chi connectivity index (χ3v) is 17.2. The fraction of sp³-hybridized carbons (Fsp3) is 0.200. The van der Waals surface area contributed by atoms with Crippen molar-refractivity contribution in [3.8, 4) is 34.1 Å². The second kappa shape index (κ2) is 24.1. The van der Waals surface area contributed by atoms with Crippen LogP contribution in [0.1, 0.15) is 67.7 Å². The van der Waals surface area contributed by atoms with Gasteiger partial charge in [0.05, 0.1) is 0 Å². The SMILES string of the molecule is Cc1cc(C)cc(P(c2cc(C)cc(C)c2)c2ccc3c(c2-c2c(P(c4cc(C)cc(C)c4)c4cc(C)cc(C)c4)ccc4c2OCO4)OCO3)c1.N[C@@H](c1ccccc1)[C@@H](N)c1ccccc1.[Cl-].[Cl-].[Ru+2]. The van der Waals surface area contributed by atoms with Crippen LogP contribution in [0.2, 0.25) is 0 Å². The summed E-state index contributed by atoms with van der Waals surface area (Å²) >= 11 is 0. The minimum atomic E-state index is -1.05. The molecule has 6 nitrogen and oxygen atoms in total. The Kier molecular flexibility index (Phi) is 18.8. The molecule has 2 aliphatic heterocycles. The van der Waals surface area contributed by atoms with Crippen molar-refractivity contribution in [3.63, 3.8) is 0 Å². The molecule has 0 radical (unpaired) electrons. The van der Waals surface area contributed by atoms with Crippen molar-refractivity contribution in [2.24, 2.45) is 11.5 Å². The molecule has 0 bridgehead atoms. The molecule has 0 fully saturated rings. The standard InChI is InChI=1S/C46H44O4P2.C14H16N2.2ClH.Ru/c1-27-13-28(2)18-35(17-27)51(36-19-29(3)14-30(4)20-36)41-11-9-39-45(49-25-47-39)43(41)44-42(12-10-40-46(44)50-26-48-40)52(37-21-31(5)15-32(6)22-37)38-23-33(7)16-34(8)24-38;15-13(11-7-3-1-4-8-11)14(16)12-9-5-2-6-10-12;;;/h9-24H,25-26H2,1-8H3;1-10,13-14H,15-16H2;2*1H;/q;;;;+2/p-2/t;13-,14-;;;/m.0.../s1. The number of rotatable bonds is 10. The van der Waals surface area contributed by atoms with Crippen molar-refractivity contribution >= 4 is 47.7 Å². The van der Waals surface area contributed by atoms with Crippen LogP contribution in [0.25, 0.3) is 11.1 Å². The molecule has 8 aromatic rings. The summed E-state index contributed by atoms with van der Waals surface area (Å²) in [5.74, 6) is 3.03. The molecule has 4 N–H and O–H groups in total. The number of aryl methyl sites for hydroxylation is 8. The van der Waals surface area contributed by atoms with Crippen LogP contribution in [0.3, 0.4) is 0 Å². The molecule has 0 unspecified atom stereocenters. The van der Waals surface area contributed by atoms with Gasteiger partial charge in [-0.15, -0.1) is 0 Å². The molecule has 0 aliphatic carbocycles. The second-order valence-corrected chi connectivity index (χ2v) is 22.7. The predicted octanol–water partition coefficient (Wildman–Crippen LogP) is 5.19. The maximum absolute atomic E-state index is 6.52. The molecule has 0 spiro atoms. The molecule has 366 valence electrons. The minimum absolute atomic E-state index is 0. The molecule has 8 aromatic carbocycles. The molecule has 0 aromatic heterocycles. The van der Waals surface area contributed by atoms with Crippen molar-refractivity contribution in [2.75, 3.05) is 13.6 Å². The van der Waals surface area contributed by atoms with Crippen molar-refractivity contribution in [3.05, 3.63) is 213 Å². The van der Waals surface area contributed by atoms with Crippen LogP contribution in [0.15, 0.2) is 158 Å². The average Bonchev–Trinajstić information content (AvgIpc) is 3.99. The van der Waals surface area contributed by atoms with Crippen LogP contribution in [-0.4, -0.2) is 13.6 Å². The third-order valence-electron chi connectivity index (χ3n) is 12.4. The fourth-order valence-corrected chi connectivity index (χ4v) is 15.4. The van der Waals surface area contributed by atoms with E-state index in [1.54, 1.807) is 0 Å². The minimum Gasteiger partial charge on any atom is -1.00 e. The zero-order valence-electron chi connectivity index (χ0n) is 41.4. The number of halogens is 2. The van der Waals surface area contributed by atoms with Crippen LogP contribution in [0.5, 0.6) is 23.0 Å². The first-order valence-electron chi connectivity index (χ1n) is 23.2. The quantitative estimate of drug-likeness (QED) is 0.145. The Morgan fingerprint density at radius 3 is 0.901 bits per heavy atom. The molecule has 0 amide bonds. The maximum Gasteiger partial charge on any atom is 2.00 e. The zero-order chi connectivity index (χ0) is 47.6. The van der Waals surface area contributed by atoms with Gasteiger partial charge < -0.3 is 55.2 Å². The van der Waals surface area contributed by atoms with Crippen molar-refractivity contribution in [2.45, 2.75) is 67.5 Å². The first kappa shape index (κ1) is 55.3. The molecule has 2 atom stereocenters. The Hall–Kier alpha value is -5.06. The van der Waals surface area contributed by atoms with Crippen LogP contribution in [-0.2, 0) is 19.5 Å². The second-order valence-electron chi connectivity index (χ2n) is 18.3. The number of hydrogen-bond donors (Lipinski definition) is 2. The monoisotopic (exact) mass is 1110 g/mol. The molecular formula is C60H60Cl2N2O4P2Ru. The van der Waals surface area contributed by atoms with Gasteiger partial charge in [-0.05, 0) is 138 Å². The number of ether oxygens (including phenoxy) is 4. The van der Waals surface area contributed by atoms with Gasteiger partial charge in [0.15, 0.2) is 23.0 Å². The van der Waals surface area contributed by atoms with Crippen molar-refractivity contribution in [1.29, 1.82) is 0 Å². The maximum atomic E-state index is 6.52. The first-order valence-corrected chi connectivity index (χ1v) is 25.9. The fourth-order valence-electron chi connectivity index (χ4n) is 9.72. The molecule has 2 heterocycles. The van der Waals surface area contributed by atoms with Crippen LogP contribution < -0.4 is 87.1 Å². The van der Waals surface area contributed by atoms with Gasteiger partial charge in [0, 0.05) is 23.2 Å². The molecule has 0 saturated carbocycles. The van der Waals surface area contributed by atoms with Crippen LogP contribution in [0.4, 0.5) is 0 Å².